The molecule has 0 heterocycles. The standard InChI is InChI=1S/C16H16O3/c1-18-16(17)12-9-13-7-10-15(11-8-13)19-14-5-3-2-4-6-14/h2-8,10-11H,9,12H2,1H3. The number of esters is 1. The number of benzene rings is 2. The molecule has 0 saturated carbocycles. The third-order valence-corrected chi connectivity index (χ3v) is 2.75. The number of methoxy groups -OCH3 is 1. The molecule has 2 aromatic carbocycles. The molecule has 0 bridgehead atoms. The van der Waals surface area contributed by atoms with Crippen molar-refractivity contribution in [3.05, 3.63) is 60.2 Å². The number of ether oxygens (including phenoxy) is 2. The number of rotatable bonds is 5. The van der Waals surface area contributed by atoms with Gasteiger partial charge in [-0.05, 0) is 36.2 Å². The summed E-state index contributed by atoms with van der Waals surface area (Å²) in [5.41, 5.74) is 1.09. The molecule has 0 aliphatic rings. The summed E-state index contributed by atoms with van der Waals surface area (Å²) in [7, 11) is 1.40. The number of carbonyl (C=O) groups is 1. The average molecular weight is 256 g/mol. The molecule has 2 aromatic rings. The summed E-state index contributed by atoms with van der Waals surface area (Å²) >= 11 is 0. The Labute approximate surface area is 112 Å². The maximum Gasteiger partial charge on any atom is 0.305 e. The Kier molecular flexibility index (Phi) is 4.56. The Morgan fingerprint density at radius 1 is 0.947 bits per heavy atom. The van der Waals surface area contributed by atoms with Crippen molar-refractivity contribution in [1.82, 2.24) is 0 Å². The van der Waals surface area contributed by atoms with E-state index in [1.165, 1.54) is 7.11 Å². The van der Waals surface area contributed by atoms with Crippen molar-refractivity contribution in [3.63, 3.8) is 0 Å². The molecule has 0 radical (unpaired) electrons. The van der Waals surface area contributed by atoms with Gasteiger partial charge in [0.2, 0.25) is 0 Å². The van der Waals surface area contributed by atoms with E-state index in [2.05, 4.69) is 4.74 Å². The van der Waals surface area contributed by atoms with Gasteiger partial charge < -0.3 is 9.47 Å². The first-order chi connectivity index (χ1) is 9.28. The van der Waals surface area contributed by atoms with Crippen LogP contribution in [0, 0.1) is 0 Å². The summed E-state index contributed by atoms with van der Waals surface area (Å²) in [5.74, 6) is 1.41. The van der Waals surface area contributed by atoms with Crippen molar-refractivity contribution in [1.29, 1.82) is 0 Å². The molecule has 0 aromatic heterocycles. The number of para-hydroxylation sites is 1. The Morgan fingerprint density at radius 2 is 1.58 bits per heavy atom. The van der Waals surface area contributed by atoms with Crippen LogP contribution in [0.2, 0.25) is 0 Å². The molecule has 2 rings (SSSR count). The molecule has 0 amide bonds. The lowest BCUT2D eigenvalue weighted by atomic mass is 10.1. The van der Waals surface area contributed by atoms with E-state index in [0.717, 1.165) is 17.1 Å². The quantitative estimate of drug-likeness (QED) is 0.767. The molecule has 3 nitrogen and oxygen atoms in total. The highest BCUT2D eigenvalue weighted by Gasteiger charge is 2.02. The van der Waals surface area contributed by atoms with E-state index < -0.39 is 0 Å². The summed E-state index contributed by atoms with van der Waals surface area (Å²) < 4.78 is 10.3. The van der Waals surface area contributed by atoms with Crippen LogP contribution in [0.4, 0.5) is 0 Å². The van der Waals surface area contributed by atoms with Gasteiger partial charge in [0, 0.05) is 6.42 Å². The summed E-state index contributed by atoms with van der Waals surface area (Å²) in [5, 5.41) is 0. The normalized spacial score (nSPS) is 9.95. The minimum Gasteiger partial charge on any atom is -0.469 e. The van der Waals surface area contributed by atoms with Crippen LogP contribution in [0.3, 0.4) is 0 Å². The zero-order valence-corrected chi connectivity index (χ0v) is 10.8. The van der Waals surface area contributed by atoms with E-state index in [9.17, 15) is 4.79 Å². The highest BCUT2D eigenvalue weighted by Crippen LogP contribution is 2.21. The van der Waals surface area contributed by atoms with Crippen molar-refractivity contribution in [2.75, 3.05) is 7.11 Å². The highest BCUT2D eigenvalue weighted by molar-refractivity contribution is 5.69. The second-order valence-corrected chi connectivity index (χ2v) is 4.14. The van der Waals surface area contributed by atoms with Crippen LogP contribution >= 0.6 is 0 Å². The molecular formula is C16H16O3. The van der Waals surface area contributed by atoms with E-state index in [4.69, 9.17) is 4.74 Å². The molecule has 98 valence electrons. The largest absolute Gasteiger partial charge is 0.469 e. The van der Waals surface area contributed by atoms with Gasteiger partial charge in [-0.15, -0.1) is 0 Å². The van der Waals surface area contributed by atoms with Crippen LogP contribution in [0.5, 0.6) is 11.5 Å². The molecule has 19 heavy (non-hydrogen) atoms. The number of aryl methyl sites for hydroxylation is 1. The summed E-state index contributed by atoms with van der Waals surface area (Å²) in [4.78, 5) is 11.0. The predicted octanol–water partition coefficient (Wildman–Crippen LogP) is 3.58. The first-order valence-electron chi connectivity index (χ1n) is 6.16. The van der Waals surface area contributed by atoms with Gasteiger partial charge in [-0.25, -0.2) is 0 Å². The molecule has 0 aliphatic carbocycles. The van der Waals surface area contributed by atoms with Gasteiger partial charge in [-0.3, -0.25) is 4.79 Å². The van der Waals surface area contributed by atoms with E-state index in [1.54, 1.807) is 0 Å². The fourth-order valence-corrected chi connectivity index (χ4v) is 1.70. The Bertz CT molecular complexity index is 517. The van der Waals surface area contributed by atoms with Crippen molar-refractivity contribution < 1.29 is 14.3 Å². The molecule has 0 spiro atoms. The second kappa shape index (κ2) is 6.59. The maximum atomic E-state index is 11.0. The summed E-state index contributed by atoms with van der Waals surface area (Å²) in [6.07, 6.45) is 1.08. The van der Waals surface area contributed by atoms with Gasteiger partial charge in [-0.1, -0.05) is 30.3 Å². The second-order valence-electron chi connectivity index (χ2n) is 4.14. The Hall–Kier alpha value is -2.29. The maximum absolute atomic E-state index is 11.0. The van der Waals surface area contributed by atoms with E-state index in [0.29, 0.717) is 12.8 Å². The SMILES string of the molecule is COC(=O)CCc1ccc(Oc2ccccc2)cc1. The van der Waals surface area contributed by atoms with E-state index >= 15 is 0 Å². The first-order valence-corrected chi connectivity index (χ1v) is 6.16. The molecule has 0 unspecified atom stereocenters. The lowest BCUT2D eigenvalue weighted by molar-refractivity contribution is -0.140. The van der Waals surface area contributed by atoms with Crippen LogP contribution in [0.15, 0.2) is 54.6 Å². The lowest BCUT2D eigenvalue weighted by Crippen LogP contribution is -2.01. The zero-order valence-electron chi connectivity index (χ0n) is 10.8. The predicted molar refractivity (Wildman–Crippen MR) is 73.3 cm³/mol. The summed E-state index contributed by atoms with van der Waals surface area (Å²) in [6, 6.07) is 17.3. The van der Waals surface area contributed by atoms with Crippen molar-refractivity contribution in [2.24, 2.45) is 0 Å². The molecule has 0 fully saturated rings. The van der Waals surface area contributed by atoms with Gasteiger partial charge in [0.25, 0.3) is 0 Å². The van der Waals surface area contributed by atoms with Gasteiger partial charge in [0.15, 0.2) is 0 Å². The molecule has 0 saturated heterocycles. The van der Waals surface area contributed by atoms with E-state index in [-0.39, 0.29) is 5.97 Å². The molecule has 0 atom stereocenters. The number of hydrogen-bond acceptors (Lipinski definition) is 3. The minimum absolute atomic E-state index is 0.190. The van der Waals surface area contributed by atoms with Gasteiger partial charge in [0.1, 0.15) is 11.5 Å². The lowest BCUT2D eigenvalue weighted by Gasteiger charge is -2.06. The van der Waals surface area contributed by atoms with Crippen molar-refractivity contribution >= 4 is 5.97 Å². The molecule has 3 heteroatoms. The van der Waals surface area contributed by atoms with Crippen LogP contribution in [0.1, 0.15) is 12.0 Å². The Balaban J connectivity index is 1.93. The van der Waals surface area contributed by atoms with Gasteiger partial charge in [-0.2, -0.15) is 0 Å². The molecule has 0 N–H and O–H groups in total. The average Bonchev–Trinajstić information content (AvgIpc) is 2.47. The topological polar surface area (TPSA) is 35.5 Å². The smallest absolute Gasteiger partial charge is 0.305 e. The third-order valence-electron chi connectivity index (χ3n) is 2.75. The fourth-order valence-electron chi connectivity index (χ4n) is 1.70. The zero-order chi connectivity index (χ0) is 13.5. The van der Waals surface area contributed by atoms with Crippen molar-refractivity contribution in [3.8, 4) is 11.5 Å². The molecular weight excluding hydrogens is 240 g/mol. The van der Waals surface area contributed by atoms with Crippen LogP contribution in [0.25, 0.3) is 0 Å². The monoisotopic (exact) mass is 256 g/mol. The summed E-state index contributed by atoms with van der Waals surface area (Å²) in [6.45, 7) is 0. The highest BCUT2D eigenvalue weighted by atomic mass is 16.5. The fraction of sp³-hybridized carbons (Fsp3) is 0.188. The third kappa shape index (κ3) is 4.14. The van der Waals surface area contributed by atoms with Crippen LogP contribution < -0.4 is 4.74 Å². The van der Waals surface area contributed by atoms with Crippen LogP contribution in [-0.2, 0) is 16.0 Å². The van der Waals surface area contributed by atoms with Gasteiger partial charge >= 0.3 is 5.97 Å². The van der Waals surface area contributed by atoms with Gasteiger partial charge in [0.05, 0.1) is 7.11 Å². The van der Waals surface area contributed by atoms with Crippen LogP contribution in [-0.4, -0.2) is 13.1 Å². The van der Waals surface area contributed by atoms with Crippen molar-refractivity contribution in [2.45, 2.75) is 12.8 Å². The molecule has 0 aliphatic heterocycles. The Morgan fingerprint density at radius 3 is 2.21 bits per heavy atom. The number of carbonyl (C=O) groups excluding carboxylic acids is 1. The first kappa shape index (κ1) is 13.1. The van der Waals surface area contributed by atoms with E-state index in [1.807, 2.05) is 54.6 Å². The minimum atomic E-state index is -0.190. The number of hydrogen-bond donors (Lipinski definition) is 0.